The summed E-state index contributed by atoms with van der Waals surface area (Å²) in [5, 5.41) is 0. The third-order valence-corrected chi connectivity index (χ3v) is 5.22. The summed E-state index contributed by atoms with van der Waals surface area (Å²) in [7, 11) is 0. The van der Waals surface area contributed by atoms with Crippen molar-refractivity contribution in [1.29, 1.82) is 0 Å². The average molecular weight is 556 g/mol. The molecule has 0 heterocycles. The molecule has 30 heavy (non-hydrogen) atoms. The molecule has 0 aliphatic heterocycles. The smallest absolute Gasteiger partial charge is 0.134 e. The summed E-state index contributed by atoms with van der Waals surface area (Å²) in [6.07, 6.45) is 4.47. The Morgan fingerprint density at radius 2 is 0.867 bits per heavy atom. The zero-order chi connectivity index (χ0) is 21.9. The van der Waals surface area contributed by atoms with E-state index in [1.165, 1.54) is 0 Å². The van der Waals surface area contributed by atoms with Gasteiger partial charge in [-0.05, 0) is 56.8 Å². The first kappa shape index (κ1) is 27.7. The highest BCUT2D eigenvalue weighted by Gasteiger charge is 2.09. The zero-order valence-corrected chi connectivity index (χ0v) is 21.4. The number of ether oxygens (including phenoxy) is 6. The van der Waals surface area contributed by atoms with Crippen molar-refractivity contribution >= 4 is 31.9 Å². The van der Waals surface area contributed by atoms with Crippen LogP contribution in [0.25, 0.3) is 0 Å². The molecule has 0 radical (unpaired) electrons. The van der Waals surface area contributed by atoms with E-state index in [9.17, 15) is 0 Å². The molecule has 0 saturated carbocycles. The number of hydrogen-bond acceptors (Lipinski definition) is 6. The van der Waals surface area contributed by atoms with Gasteiger partial charge in [-0.2, -0.15) is 0 Å². The minimum atomic E-state index is 0.467. The van der Waals surface area contributed by atoms with Gasteiger partial charge in [0.1, 0.15) is 24.7 Å². The molecule has 0 unspecified atom stereocenters. The van der Waals surface area contributed by atoms with Crippen LogP contribution in [0.15, 0.2) is 21.1 Å². The molecule has 0 N–H and O–H groups in total. The predicted molar refractivity (Wildman–Crippen MR) is 126 cm³/mol. The van der Waals surface area contributed by atoms with Gasteiger partial charge in [0.25, 0.3) is 0 Å². The summed E-state index contributed by atoms with van der Waals surface area (Å²) in [6.45, 7) is 10.3. The van der Waals surface area contributed by atoms with Gasteiger partial charge in [0.05, 0.1) is 48.6 Å². The van der Waals surface area contributed by atoms with Crippen LogP contribution >= 0.6 is 31.9 Å². The van der Waals surface area contributed by atoms with Gasteiger partial charge < -0.3 is 28.4 Å². The lowest BCUT2D eigenvalue weighted by Crippen LogP contribution is -2.12. The van der Waals surface area contributed by atoms with Gasteiger partial charge in [-0.3, -0.25) is 0 Å². The molecule has 174 valence electrons. The third kappa shape index (κ3) is 13.8. The lowest BCUT2D eigenvalue weighted by atomic mass is 10.3. The van der Waals surface area contributed by atoms with Crippen LogP contribution in [0.2, 0.25) is 0 Å². The Morgan fingerprint density at radius 1 is 0.533 bits per heavy atom. The summed E-state index contributed by atoms with van der Waals surface area (Å²) in [4.78, 5) is 0. The van der Waals surface area contributed by atoms with Gasteiger partial charge in [0.2, 0.25) is 0 Å². The van der Waals surface area contributed by atoms with Gasteiger partial charge in [0, 0.05) is 13.2 Å². The van der Waals surface area contributed by atoms with Crippen LogP contribution in [0.5, 0.6) is 11.5 Å². The van der Waals surface area contributed by atoms with Crippen molar-refractivity contribution < 1.29 is 28.4 Å². The number of benzene rings is 1. The maximum Gasteiger partial charge on any atom is 0.134 e. The van der Waals surface area contributed by atoms with Gasteiger partial charge in [-0.25, -0.2) is 0 Å². The molecule has 1 rings (SSSR count). The van der Waals surface area contributed by atoms with Gasteiger partial charge >= 0.3 is 0 Å². The number of rotatable bonds is 20. The molecule has 0 amide bonds. The van der Waals surface area contributed by atoms with Crippen molar-refractivity contribution in [3.05, 3.63) is 21.1 Å². The summed E-state index contributed by atoms with van der Waals surface area (Å²) < 4.78 is 35.2. The average Bonchev–Trinajstić information content (AvgIpc) is 2.74. The first-order valence-electron chi connectivity index (χ1n) is 10.7. The number of halogens is 2. The zero-order valence-electron chi connectivity index (χ0n) is 18.3. The van der Waals surface area contributed by atoms with E-state index in [-0.39, 0.29) is 0 Å². The van der Waals surface area contributed by atoms with E-state index in [4.69, 9.17) is 28.4 Å². The molecular formula is C22H36Br2O6. The van der Waals surface area contributed by atoms with E-state index >= 15 is 0 Å². The molecule has 0 aliphatic carbocycles. The fourth-order valence-electron chi connectivity index (χ4n) is 2.29. The Kier molecular flexibility index (Phi) is 17.8. The summed E-state index contributed by atoms with van der Waals surface area (Å²) >= 11 is 7.06. The fourth-order valence-corrected chi connectivity index (χ4v) is 3.16. The summed E-state index contributed by atoms with van der Waals surface area (Å²) in [6, 6.07) is 3.77. The highest BCUT2D eigenvalue weighted by molar-refractivity contribution is 9.11. The van der Waals surface area contributed by atoms with E-state index in [1.54, 1.807) is 0 Å². The SMILES string of the molecule is CCCCOCCOCCOc1cc(Br)c(OCCOCCOCCCC)cc1Br. The van der Waals surface area contributed by atoms with E-state index < -0.39 is 0 Å². The molecule has 0 fully saturated rings. The fraction of sp³-hybridized carbons (Fsp3) is 0.727. The first-order chi connectivity index (χ1) is 14.7. The minimum Gasteiger partial charge on any atom is -0.490 e. The first-order valence-corrected chi connectivity index (χ1v) is 12.3. The van der Waals surface area contributed by atoms with Crippen molar-refractivity contribution in [2.45, 2.75) is 39.5 Å². The largest absolute Gasteiger partial charge is 0.490 e. The van der Waals surface area contributed by atoms with Crippen molar-refractivity contribution in [2.24, 2.45) is 0 Å². The topological polar surface area (TPSA) is 55.4 Å². The lowest BCUT2D eigenvalue weighted by Gasteiger charge is -2.13. The minimum absolute atomic E-state index is 0.467. The quantitative estimate of drug-likeness (QED) is 0.194. The molecule has 8 heteroatoms. The molecule has 0 aliphatic rings. The van der Waals surface area contributed by atoms with Crippen molar-refractivity contribution in [3.8, 4) is 11.5 Å². The summed E-state index contributed by atoms with van der Waals surface area (Å²) in [5.41, 5.74) is 0. The maximum absolute atomic E-state index is 5.78. The predicted octanol–water partition coefficient (Wildman–Crippen LogP) is 5.64. The molecule has 1 aromatic carbocycles. The standard InChI is InChI=1S/C22H36Br2O6/c1-3-5-7-25-9-11-27-13-15-29-21-17-20(24)22(18-19(21)23)30-16-14-28-12-10-26-8-6-4-2/h17-18H,3-16H2,1-2H3. The maximum atomic E-state index is 5.78. The van der Waals surface area contributed by atoms with Crippen LogP contribution < -0.4 is 9.47 Å². The Hall–Kier alpha value is -0.380. The molecular weight excluding hydrogens is 520 g/mol. The second-order valence-corrected chi connectivity index (χ2v) is 8.28. The lowest BCUT2D eigenvalue weighted by molar-refractivity contribution is 0.0350. The monoisotopic (exact) mass is 554 g/mol. The van der Waals surface area contributed by atoms with E-state index in [0.717, 1.165) is 59.3 Å². The molecule has 0 atom stereocenters. The van der Waals surface area contributed by atoms with Gasteiger partial charge in [-0.1, -0.05) is 26.7 Å². The van der Waals surface area contributed by atoms with Crippen LogP contribution in [0.3, 0.4) is 0 Å². The van der Waals surface area contributed by atoms with Crippen LogP contribution in [-0.4, -0.2) is 66.1 Å². The van der Waals surface area contributed by atoms with E-state index in [2.05, 4.69) is 45.7 Å². The number of hydrogen-bond donors (Lipinski definition) is 0. The van der Waals surface area contributed by atoms with Gasteiger partial charge in [0.15, 0.2) is 0 Å². The Balaban J connectivity index is 2.15. The van der Waals surface area contributed by atoms with Crippen LogP contribution in [0.4, 0.5) is 0 Å². The summed E-state index contributed by atoms with van der Waals surface area (Å²) in [5.74, 6) is 1.47. The molecule has 0 saturated heterocycles. The molecule has 0 bridgehead atoms. The molecule has 0 spiro atoms. The normalized spacial score (nSPS) is 11.1. The third-order valence-electron chi connectivity index (χ3n) is 3.99. The van der Waals surface area contributed by atoms with Crippen LogP contribution in [0, 0.1) is 0 Å². The Bertz CT molecular complexity index is 497. The van der Waals surface area contributed by atoms with Crippen LogP contribution in [-0.2, 0) is 18.9 Å². The molecule has 0 aromatic heterocycles. The Morgan fingerprint density at radius 3 is 1.23 bits per heavy atom. The number of unbranched alkanes of at least 4 members (excludes halogenated alkanes) is 2. The highest BCUT2D eigenvalue weighted by Crippen LogP contribution is 2.36. The van der Waals surface area contributed by atoms with E-state index in [1.807, 2.05) is 12.1 Å². The highest BCUT2D eigenvalue weighted by atomic mass is 79.9. The second-order valence-electron chi connectivity index (χ2n) is 6.57. The second kappa shape index (κ2) is 19.3. The Labute approximate surface area is 198 Å². The van der Waals surface area contributed by atoms with Crippen molar-refractivity contribution in [3.63, 3.8) is 0 Å². The molecule has 6 nitrogen and oxygen atoms in total. The molecule has 1 aromatic rings. The van der Waals surface area contributed by atoms with Crippen LogP contribution in [0.1, 0.15) is 39.5 Å². The van der Waals surface area contributed by atoms with Crippen molar-refractivity contribution in [1.82, 2.24) is 0 Å². The van der Waals surface area contributed by atoms with E-state index in [0.29, 0.717) is 52.9 Å². The van der Waals surface area contributed by atoms with Gasteiger partial charge in [-0.15, -0.1) is 0 Å². The van der Waals surface area contributed by atoms with Crippen molar-refractivity contribution in [2.75, 3.05) is 66.1 Å².